The molecule has 0 radical (unpaired) electrons. The van der Waals surface area contributed by atoms with E-state index in [0.717, 1.165) is 44.9 Å². The molecule has 0 spiro atoms. The van der Waals surface area contributed by atoms with Crippen molar-refractivity contribution in [2.45, 2.75) is 98.3 Å². The Kier molecular flexibility index (Phi) is 17.7. The van der Waals surface area contributed by atoms with Gasteiger partial charge in [0.2, 0.25) is 0 Å². The zero-order valence-electron chi connectivity index (χ0n) is 18.9. The third-order valence-corrected chi connectivity index (χ3v) is 5.31. The fraction of sp³-hybridized carbons (Fsp3) is 0.654. The van der Waals surface area contributed by atoms with Gasteiger partial charge in [0.1, 0.15) is 0 Å². The van der Waals surface area contributed by atoms with E-state index in [9.17, 15) is 4.79 Å². The summed E-state index contributed by atoms with van der Waals surface area (Å²) in [5.74, 6) is -0.0316. The molecule has 0 heterocycles. The summed E-state index contributed by atoms with van der Waals surface area (Å²) in [7, 11) is 0. The molecule has 0 aliphatic rings. The van der Waals surface area contributed by atoms with Crippen molar-refractivity contribution < 1.29 is 9.53 Å². The van der Waals surface area contributed by atoms with Crippen molar-refractivity contribution >= 4 is 5.97 Å². The highest BCUT2D eigenvalue weighted by Crippen LogP contribution is 2.33. The Morgan fingerprint density at radius 3 is 1.68 bits per heavy atom. The minimum Gasteiger partial charge on any atom is -0.466 e. The van der Waals surface area contributed by atoms with Crippen LogP contribution < -0.4 is 0 Å². The van der Waals surface area contributed by atoms with Crippen LogP contribution in [0.2, 0.25) is 0 Å². The van der Waals surface area contributed by atoms with E-state index in [4.69, 9.17) is 4.74 Å². The van der Waals surface area contributed by atoms with Crippen molar-refractivity contribution in [3.05, 3.63) is 48.6 Å². The molecule has 0 aromatic heterocycles. The molecule has 0 saturated heterocycles. The number of carbonyl (C=O) groups excluding carboxylic acids is 1. The summed E-state index contributed by atoms with van der Waals surface area (Å²) in [6.45, 7) is 8.75. The SMILES string of the molecule is CCCCCC=CCC=CCC=CCC=CCCC(CC)(CC)C(=O)OCC. The Balaban J connectivity index is 3.93. The third kappa shape index (κ3) is 12.8. The van der Waals surface area contributed by atoms with E-state index in [1.807, 2.05) is 6.92 Å². The Morgan fingerprint density at radius 1 is 0.714 bits per heavy atom. The average Bonchev–Trinajstić information content (AvgIpc) is 2.71. The van der Waals surface area contributed by atoms with Crippen molar-refractivity contribution in [1.29, 1.82) is 0 Å². The Bertz CT molecular complexity index is 479. The van der Waals surface area contributed by atoms with E-state index in [0.29, 0.717) is 6.61 Å². The maximum Gasteiger partial charge on any atom is 0.312 e. The molecule has 0 aliphatic heterocycles. The molecule has 0 amide bonds. The van der Waals surface area contributed by atoms with Gasteiger partial charge in [-0.25, -0.2) is 0 Å². The molecule has 0 saturated carbocycles. The molecule has 160 valence electrons. The number of hydrogen-bond donors (Lipinski definition) is 0. The fourth-order valence-electron chi connectivity index (χ4n) is 3.20. The molecule has 28 heavy (non-hydrogen) atoms. The molecule has 0 bridgehead atoms. The largest absolute Gasteiger partial charge is 0.466 e. The highest BCUT2D eigenvalue weighted by molar-refractivity contribution is 5.76. The molecule has 0 atom stereocenters. The summed E-state index contributed by atoms with van der Waals surface area (Å²) in [6.07, 6.45) is 29.5. The van der Waals surface area contributed by atoms with E-state index in [1.54, 1.807) is 0 Å². The minimum absolute atomic E-state index is 0.0316. The second-order valence-electron chi connectivity index (χ2n) is 7.34. The van der Waals surface area contributed by atoms with Crippen LogP contribution >= 0.6 is 0 Å². The van der Waals surface area contributed by atoms with Gasteiger partial charge in [-0.05, 0) is 64.7 Å². The lowest BCUT2D eigenvalue weighted by Gasteiger charge is -2.28. The Hall–Kier alpha value is -1.57. The molecular formula is C26H44O2. The molecule has 0 fully saturated rings. The van der Waals surface area contributed by atoms with Gasteiger partial charge in [0.05, 0.1) is 12.0 Å². The number of carbonyl (C=O) groups is 1. The predicted octanol–water partition coefficient (Wildman–Crippen LogP) is 8.11. The van der Waals surface area contributed by atoms with E-state index in [2.05, 4.69) is 69.4 Å². The standard InChI is InChI=1S/C26H44O2/c1-5-9-10-11-12-13-14-15-16-17-18-19-20-21-22-23-24-26(6-2,7-3)25(27)28-8-4/h12-13,15-16,18-19,21-22H,5-11,14,17,20,23-24H2,1-4H3. The van der Waals surface area contributed by atoms with Crippen LogP contribution in [0.4, 0.5) is 0 Å². The van der Waals surface area contributed by atoms with Crippen molar-refractivity contribution in [3.8, 4) is 0 Å². The van der Waals surface area contributed by atoms with Crippen molar-refractivity contribution in [2.24, 2.45) is 5.41 Å². The Labute approximate surface area is 174 Å². The molecule has 0 aliphatic carbocycles. The predicted molar refractivity (Wildman–Crippen MR) is 123 cm³/mol. The van der Waals surface area contributed by atoms with Crippen LogP contribution in [0.3, 0.4) is 0 Å². The lowest BCUT2D eigenvalue weighted by Crippen LogP contribution is -2.31. The summed E-state index contributed by atoms with van der Waals surface area (Å²) in [5, 5.41) is 0. The first-order chi connectivity index (χ1) is 13.7. The second kappa shape index (κ2) is 18.8. The van der Waals surface area contributed by atoms with Gasteiger partial charge in [-0.3, -0.25) is 4.79 Å². The van der Waals surface area contributed by atoms with Crippen LogP contribution in [0.1, 0.15) is 98.3 Å². The second-order valence-corrected chi connectivity index (χ2v) is 7.34. The first-order valence-electron chi connectivity index (χ1n) is 11.4. The first-order valence-corrected chi connectivity index (χ1v) is 11.4. The summed E-state index contributed by atoms with van der Waals surface area (Å²) in [4.78, 5) is 12.3. The summed E-state index contributed by atoms with van der Waals surface area (Å²) < 4.78 is 5.28. The highest BCUT2D eigenvalue weighted by atomic mass is 16.5. The molecule has 0 unspecified atom stereocenters. The topological polar surface area (TPSA) is 26.3 Å². The van der Waals surface area contributed by atoms with Crippen molar-refractivity contribution in [2.75, 3.05) is 6.61 Å². The molecule has 0 N–H and O–H groups in total. The number of ether oxygens (including phenoxy) is 1. The normalized spacial score (nSPS) is 12.9. The van der Waals surface area contributed by atoms with Gasteiger partial charge in [-0.1, -0.05) is 82.2 Å². The number of unbranched alkanes of at least 4 members (excludes halogenated alkanes) is 3. The van der Waals surface area contributed by atoms with E-state index >= 15 is 0 Å². The van der Waals surface area contributed by atoms with Gasteiger partial charge >= 0.3 is 5.97 Å². The van der Waals surface area contributed by atoms with Crippen molar-refractivity contribution in [3.63, 3.8) is 0 Å². The first kappa shape index (κ1) is 26.4. The van der Waals surface area contributed by atoms with Gasteiger partial charge in [0, 0.05) is 0 Å². The highest BCUT2D eigenvalue weighted by Gasteiger charge is 2.35. The molecule has 0 rings (SSSR count). The zero-order chi connectivity index (χ0) is 20.9. The summed E-state index contributed by atoms with van der Waals surface area (Å²) in [6, 6.07) is 0. The number of esters is 1. The molecule has 2 nitrogen and oxygen atoms in total. The monoisotopic (exact) mass is 388 g/mol. The van der Waals surface area contributed by atoms with Crippen LogP contribution in [0, 0.1) is 5.41 Å². The quantitative estimate of drug-likeness (QED) is 0.143. The van der Waals surface area contributed by atoms with Gasteiger partial charge in [-0.15, -0.1) is 0 Å². The molecule has 2 heteroatoms. The maximum atomic E-state index is 12.3. The average molecular weight is 389 g/mol. The maximum absolute atomic E-state index is 12.3. The molecule has 0 aromatic rings. The van der Waals surface area contributed by atoms with Crippen LogP contribution in [-0.2, 0) is 9.53 Å². The van der Waals surface area contributed by atoms with Crippen LogP contribution in [0.25, 0.3) is 0 Å². The minimum atomic E-state index is -0.314. The number of allylic oxidation sites excluding steroid dienone is 8. The lowest BCUT2D eigenvalue weighted by atomic mass is 9.78. The lowest BCUT2D eigenvalue weighted by molar-refractivity contribution is -0.156. The fourth-order valence-corrected chi connectivity index (χ4v) is 3.20. The van der Waals surface area contributed by atoms with E-state index in [-0.39, 0.29) is 11.4 Å². The summed E-state index contributed by atoms with van der Waals surface area (Å²) >= 11 is 0. The summed E-state index contributed by atoms with van der Waals surface area (Å²) in [5.41, 5.74) is -0.314. The van der Waals surface area contributed by atoms with E-state index < -0.39 is 0 Å². The van der Waals surface area contributed by atoms with E-state index in [1.165, 1.54) is 25.7 Å². The van der Waals surface area contributed by atoms with Gasteiger partial charge in [0.15, 0.2) is 0 Å². The van der Waals surface area contributed by atoms with Gasteiger partial charge < -0.3 is 4.74 Å². The van der Waals surface area contributed by atoms with Crippen LogP contribution in [0.5, 0.6) is 0 Å². The van der Waals surface area contributed by atoms with Gasteiger partial charge in [0.25, 0.3) is 0 Å². The van der Waals surface area contributed by atoms with Crippen molar-refractivity contribution in [1.82, 2.24) is 0 Å². The smallest absolute Gasteiger partial charge is 0.312 e. The Morgan fingerprint density at radius 2 is 1.21 bits per heavy atom. The van der Waals surface area contributed by atoms with Crippen LogP contribution in [-0.4, -0.2) is 12.6 Å². The molecule has 0 aromatic carbocycles. The van der Waals surface area contributed by atoms with Gasteiger partial charge in [-0.2, -0.15) is 0 Å². The zero-order valence-corrected chi connectivity index (χ0v) is 18.9. The number of hydrogen-bond acceptors (Lipinski definition) is 2. The third-order valence-electron chi connectivity index (χ3n) is 5.31. The number of rotatable bonds is 17. The molecular weight excluding hydrogens is 344 g/mol. The van der Waals surface area contributed by atoms with Crippen LogP contribution in [0.15, 0.2) is 48.6 Å².